The molecule has 4 rings (SSSR count). The van der Waals surface area contributed by atoms with Crippen molar-refractivity contribution in [2.45, 2.75) is 0 Å². The first-order valence-corrected chi connectivity index (χ1v) is 8.73. The highest BCUT2D eigenvalue weighted by atomic mass is 35.5. The molecule has 138 valence electrons. The number of rotatable bonds is 5. The highest BCUT2D eigenvalue weighted by molar-refractivity contribution is 6.32. The van der Waals surface area contributed by atoms with E-state index >= 15 is 0 Å². The molecule has 0 unspecified atom stereocenters. The highest BCUT2D eigenvalue weighted by Crippen LogP contribution is 2.29. The molecule has 0 bridgehead atoms. The van der Waals surface area contributed by atoms with Gasteiger partial charge in [0, 0.05) is 37.2 Å². The van der Waals surface area contributed by atoms with Crippen LogP contribution in [-0.4, -0.2) is 45.9 Å². The molecule has 8 nitrogen and oxygen atoms in total. The zero-order chi connectivity index (χ0) is 18.8. The number of ether oxygens (including phenoxy) is 1. The smallest absolute Gasteiger partial charge is 0.231 e. The molecule has 1 aliphatic heterocycles. The number of hydrogen-bond acceptors (Lipinski definition) is 6. The minimum Gasteiger partial charge on any atom is -0.495 e. The zero-order valence-corrected chi connectivity index (χ0v) is 15.3. The Bertz CT molecular complexity index is 956. The molecular weight excluding hydrogens is 368 g/mol. The van der Waals surface area contributed by atoms with Crippen LogP contribution >= 0.6 is 11.6 Å². The van der Waals surface area contributed by atoms with Gasteiger partial charge >= 0.3 is 0 Å². The van der Waals surface area contributed by atoms with Crippen LogP contribution < -0.4 is 15.0 Å². The lowest BCUT2D eigenvalue weighted by molar-refractivity contribution is -0.120. The molecule has 2 aromatic heterocycles. The summed E-state index contributed by atoms with van der Waals surface area (Å²) in [5.41, 5.74) is 0.646. The monoisotopic (exact) mass is 384 g/mol. The first-order chi connectivity index (χ1) is 13.1. The van der Waals surface area contributed by atoms with E-state index in [0.29, 0.717) is 35.4 Å². The Morgan fingerprint density at radius 2 is 2.07 bits per heavy atom. The fourth-order valence-electron chi connectivity index (χ4n) is 2.86. The van der Waals surface area contributed by atoms with Crippen molar-refractivity contribution in [3.05, 3.63) is 54.1 Å². The molecule has 3 aromatic rings. The molecule has 1 aliphatic rings. The molecule has 0 atom stereocenters. The molecule has 27 heavy (non-hydrogen) atoms. The summed E-state index contributed by atoms with van der Waals surface area (Å²) in [5, 5.41) is 7.51. The molecule has 9 heteroatoms. The number of nitrogens with one attached hydrogen (secondary N) is 1. The third-order valence-electron chi connectivity index (χ3n) is 4.37. The van der Waals surface area contributed by atoms with E-state index in [0.717, 1.165) is 5.82 Å². The SMILES string of the molecule is COc1ccc(NC(=O)C2CN(c3cc(-n4cccn4)ncn3)C2)cc1Cl. The van der Waals surface area contributed by atoms with Gasteiger partial charge in [-0.25, -0.2) is 14.6 Å². The Morgan fingerprint density at radius 1 is 1.26 bits per heavy atom. The fourth-order valence-corrected chi connectivity index (χ4v) is 3.12. The van der Waals surface area contributed by atoms with Gasteiger partial charge in [-0.15, -0.1) is 0 Å². The van der Waals surface area contributed by atoms with Crippen molar-refractivity contribution in [2.24, 2.45) is 5.92 Å². The minimum atomic E-state index is -0.117. The third-order valence-corrected chi connectivity index (χ3v) is 4.67. The lowest BCUT2D eigenvalue weighted by atomic mass is 9.99. The topological polar surface area (TPSA) is 85.2 Å². The lowest BCUT2D eigenvalue weighted by Gasteiger charge is -2.39. The predicted octanol–water partition coefficient (Wildman–Crippen LogP) is 2.40. The van der Waals surface area contributed by atoms with Crippen LogP contribution in [0.1, 0.15) is 0 Å². The second-order valence-electron chi connectivity index (χ2n) is 6.13. The molecule has 0 saturated carbocycles. The van der Waals surface area contributed by atoms with Crippen LogP contribution in [0.25, 0.3) is 5.82 Å². The Labute approximate surface area is 160 Å². The second kappa shape index (κ2) is 7.24. The fraction of sp³-hybridized carbons (Fsp3) is 0.222. The third kappa shape index (κ3) is 3.56. The summed E-state index contributed by atoms with van der Waals surface area (Å²) in [7, 11) is 1.55. The Morgan fingerprint density at radius 3 is 2.78 bits per heavy atom. The standard InChI is InChI=1S/C18H17ClN6O2/c1-27-15-4-3-13(7-14(15)19)23-18(26)12-9-24(10-12)16-8-17(21-11-20-16)25-6-2-5-22-25/h2-8,11-12H,9-10H2,1H3,(H,23,26). The molecule has 0 aliphatic carbocycles. The maximum atomic E-state index is 12.4. The molecule has 1 N–H and O–H groups in total. The summed E-state index contributed by atoms with van der Waals surface area (Å²) >= 11 is 6.09. The largest absolute Gasteiger partial charge is 0.495 e. The summed E-state index contributed by atoms with van der Waals surface area (Å²) in [6.07, 6.45) is 5.01. The molecule has 3 heterocycles. The number of aromatic nitrogens is 4. The van der Waals surface area contributed by atoms with Gasteiger partial charge in [0.25, 0.3) is 0 Å². The van der Waals surface area contributed by atoms with Crippen LogP contribution in [0.2, 0.25) is 5.02 Å². The van der Waals surface area contributed by atoms with Crippen LogP contribution in [0.3, 0.4) is 0 Å². The van der Waals surface area contributed by atoms with Crippen molar-refractivity contribution in [1.82, 2.24) is 19.7 Å². The van der Waals surface area contributed by atoms with E-state index in [2.05, 4.69) is 20.4 Å². The predicted molar refractivity (Wildman–Crippen MR) is 101 cm³/mol. The minimum absolute atomic E-state index is 0.0474. The Balaban J connectivity index is 1.37. The zero-order valence-electron chi connectivity index (χ0n) is 14.5. The maximum absolute atomic E-state index is 12.4. The van der Waals surface area contributed by atoms with Gasteiger partial charge in [0.1, 0.15) is 17.9 Å². The molecular formula is C18H17ClN6O2. The quantitative estimate of drug-likeness (QED) is 0.727. The van der Waals surface area contributed by atoms with E-state index in [-0.39, 0.29) is 11.8 Å². The summed E-state index contributed by atoms with van der Waals surface area (Å²) in [4.78, 5) is 23.0. The number of halogens is 1. The lowest BCUT2D eigenvalue weighted by Crippen LogP contribution is -2.52. The van der Waals surface area contributed by atoms with Gasteiger partial charge in [-0.05, 0) is 24.3 Å². The van der Waals surface area contributed by atoms with E-state index in [1.165, 1.54) is 6.33 Å². The van der Waals surface area contributed by atoms with Gasteiger partial charge in [-0.1, -0.05) is 11.6 Å². The number of methoxy groups -OCH3 is 1. The summed E-state index contributed by atoms with van der Waals surface area (Å²) < 4.78 is 6.78. The first-order valence-electron chi connectivity index (χ1n) is 8.35. The molecule has 1 aromatic carbocycles. The average Bonchev–Trinajstić information content (AvgIpc) is 3.16. The molecule has 0 spiro atoms. The van der Waals surface area contributed by atoms with Crippen LogP contribution in [-0.2, 0) is 4.79 Å². The van der Waals surface area contributed by atoms with Gasteiger partial charge in [-0.3, -0.25) is 4.79 Å². The maximum Gasteiger partial charge on any atom is 0.231 e. The van der Waals surface area contributed by atoms with Crippen molar-refractivity contribution in [2.75, 3.05) is 30.4 Å². The Kier molecular flexibility index (Phi) is 4.64. The first kappa shape index (κ1) is 17.3. The van der Waals surface area contributed by atoms with Crippen LogP contribution in [0.5, 0.6) is 5.75 Å². The summed E-state index contributed by atoms with van der Waals surface area (Å²) in [6.45, 7) is 1.18. The number of anilines is 2. The number of carbonyl (C=O) groups excluding carboxylic acids is 1. The van der Waals surface area contributed by atoms with Crippen LogP contribution in [0.4, 0.5) is 11.5 Å². The van der Waals surface area contributed by atoms with Gasteiger partial charge in [0.05, 0.1) is 18.1 Å². The summed E-state index contributed by atoms with van der Waals surface area (Å²) in [6, 6.07) is 8.85. The van der Waals surface area contributed by atoms with Gasteiger partial charge < -0.3 is 15.0 Å². The number of nitrogens with zero attached hydrogens (tertiary/aromatic N) is 5. The molecule has 1 amide bonds. The Hall–Kier alpha value is -3.13. The van der Waals surface area contributed by atoms with Crippen LogP contribution in [0, 0.1) is 5.92 Å². The van der Waals surface area contributed by atoms with Gasteiger partial charge in [-0.2, -0.15) is 5.10 Å². The molecule has 0 radical (unpaired) electrons. The van der Waals surface area contributed by atoms with Crippen molar-refractivity contribution in [1.29, 1.82) is 0 Å². The van der Waals surface area contributed by atoms with Gasteiger partial charge in [0.15, 0.2) is 5.82 Å². The van der Waals surface area contributed by atoms with Crippen molar-refractivity contribution < 1.29 is 9.53 Å². The van der Waals surface area contributed by atoms with E-state index in [4.69, 9.17) is 16.3 Å². The average molecular weight is 385 g/mol. The van der Waals surface area contributed by atoms with E-state index in [1.807, 2.05) is 23.2 Å². The molecule has 1 saturated heterocycles. The number of carbonyl (C=O) groups is 1. The van der Waals surface area contributed by atoms with Crippen molar-refractivity contribution in [3.8, 4) is 11.6 Å². The second-order valence-corrected chi connectivity index (χ2v) is 6.53. The number of benzene rings is 1. The number of amides is 1. The van der Waals surface area contributed by atoms with E-state index < -0.39 is 0 Å². The normalized spacial score (nSPS) is 13.9. The van der Waals surface area contributed by atoms with E-state index in [9.17, 15) is 4.79 Å². The summed E-state index contributed by atoms with van der Waals surface area (Å²) in [5.74, 6) is 1.86. The van der Waals surface area contributed by atoms with Crippen LogP contribution in [0.15, 0.2) is 49.1 Å². The van der Waals surface area contributed by atoms with Gasteiger partial charge in [0.2, 0.25) is 5.91 Å². The molecule has 1 fully saturated rings. The highest BCUT2D eigenvalue weighted by Gasteiger charge is 2.33. The number of hydrogen-bond donors (Lipinski definition) is 1. The van der Waals surface area contributed by atoms with Crippen molar-refractivity contribution >= 4 is 29.0 Å². The van der Waals surface area contributed by atoms with E-state index in [1.54, 1.807) is 36.2 Å². The van der Waals surface area contributed by atoms with Crippen molar-refractivity contribution in [3.63, 3.8) is 0 Å².